The summed E-state index contributed by atoms with van der Waals surface area (Å²) in [6.07, 6.45) is 10.5. The number of amides is 1. The Morgan fingerprint density at radius 1 is 1.02 bits per heavy atom. The highest BCUT2D eigenvalue weighted by Gasteiger charge is 2.24. The second kappa shape index (κ2) is 17.3. The van der Waals surface area contributed by atoms with Crippen LogP contribution in [0.15, 0.2) is 36.4 Å². The average Bonchev–Trinajstić information content (AvgIpc) is 3.55. The number of aliphatic hydroxyl groups is 1. The topological polar surface area (TPSA) is 95.1 Å². The van der Waals surface area contributed by atoms with E-state index in [9.17, 15) is 9.18 Å². The lowest BCUT2D eigenvalue weighted by molar-refractivity contribution is -0.109. The average molecular weight is 585 g/mol. The van der Waals surface area contributed by atoms with E-state index < -0.39 is 0 Å². The Hall–Kier alpha value is -2.88. The largest absolute Gasteiger partial charge is 0.490 e. The standard InChI is InChI=1S/C32H45FN4O3.CH4O/c33-26-19-27(37-16-14-34-15-17-37)21-30(20-26)39-28(10-13-36-23-38)8-6-24-7-9-32(40-29-11-12-35-22-29)31(18-24)25-4-2-1-3-5-25;1-2/h7,9,18-21,23,25,28-29,34-35H,1-6,8,10-17,22H2,(H,36,38);2H,1H3. The van der Waals surface area contributed by atoms with Crippen molar-refractivity contribution in [3.63, 3.8) is 0 Å². The number of hydrogen-bond acceptors (Lipinski definition) is 7. The Morgan fingerprint density at radius 2 is 1.83 bits per heavy atom. The van der Waals surface area contributed by atoms with Crippen LogP contribution in [0.2, 0.25) is 0 Å². The van der Waals surface area contributed by atoms with E-state index in [2.05, 4.69) is 39.0 Å². The summed E-state index contributed by atoms with van der Waals surface area (Å²) in [5, 5.41) is 16.5. The minimum atomic E-state index is -0.291. The quantitative estimate of drug-likeness (QED) is 0.208. The van der Waals surface area contributed by atoms with Crippen LogP contribution in [0.4, 0.5) is 10.1 Å². The van der Waals surface area contributed by atoms with Crippen molar-refractivity contribution in [1.82, 2.24) is 16.0 Å². The molecular weight excluding hydrogens is 535 g/mol. The van der Waals surface area contributed by atoms with Crippen LogP contribution in [-0.4, -0.2) is 76.6 Å². The number of nitrogens with zero attached hydrogens (tertiary/aromatic N) is 1. The maximum absolute atomic E-state index is 14.6. The normalized spacial score (nSPS) is 19.9. The maximum atomic E-state index is 14.6. The molecule has 3 aliphatic rings. The summed E-state index contributed by atoms with van der Waals surface area (Å²) in [6, 6.07) is 11.7. The molecule has 0 bridgehead atoms. The predicted molar refractivity (Wildman–Crippen MR) is 165 cm³/mol. The molecule has 3 fully saturated rings. The summed E-state index contributed by atoms with van der Waals surface area (Å²) in [5.41, 5.74) is 3.48. The number of nitrogens with one attached hydrogen (secondary N) is 3. The number of aliphatic hydroxyl groups excluding tert-OH is 1. The molecule has 2 heterocycles. The van der Waals surface area contributed by atoms with Crippen molar-refractivity contribution in [1.29, 1.82) is 0 Å². The third-order valence-corrected chi connectivity index (χ3v) is 8.52. The van der Waals surface area contributed by atoms with Gasteiger partial charge in [0.1, 0.15) is 29.5 Å². The number of hydrogen-bond donors (Lipinski definition) is 4. The van der Waals surface area contributed by atoms with Crippen molar-refractivity contribution in [2.75, 3.05) is 57.8 Å². The number of carbonyl (C=O) groups excluding carboxylic acids is 1. The van der Waals surface area contributed by atoms with E-state index in [1.807, 2.05) is 6.07 Å². The summed E-state index contributed by atoms with van der Waals surface area (Å²) in [5.74, 6) is 1.85. The predicted octanol–water partition coefficient (Wildman–Crippen LogP) is 4.15. The molecule has 0 radical (unpaired) electrons. The summed E-state index contributed by atoms with van der Waals surface area (Å²) >= 11 is 0. The zero-order valence-corrected chi connectivity index (χ0v) is 25.1. The zero-order chi connectivity index (χ0) is 29.6. The summed E-state index contributed by atoms with van der Waals surface area (Å²) in [6.45, 7) is 5.91. The molecule has 8 nitrogen and oxygen atoms in total. The molecule has 2 aliphatic heterocycles. The summed E-state index contributed by atoms with van der Waals surface area (Å²) in [4.78, 5) is 13.1. The number of anilines is 1. The summed E-state index contributed by atoms with van der Waals surface area (Å²) < 4.78 is 27.5. The zero-order valence-electron chi connectivity index (χ0n) is 25.1. The monoisotopic (exact) mass is 584 g/mol. The Labute approximate surface area is 250 Å². The first-order valence-electron chi connectivity index (χ1n) is 15.7. The molecule has 2 aromatic rings. The molecule has 1 amide bonds. The minimum absolute atomic E-state index is 0.149. The highest BCUT2D eigenvalue weighted by Crippen LogP contribution is 2.39. The molecule has 4 N–H and O–H groups in total. The molecule has 232 valence electrons. The molecular formula is C33H49FN4O4. The van der Waals surface area contributed by atoms with E-state index >= 15 is 0 Å². The lowest BCUT2D eigenvalue weighted by Gasteiger charge is -2.30. The number of aryl methyl sites for hydroxylation is 1. The number of piperazine rings is 1. The van der Waals surface area contributed by atoms with Gasteiger partial charge in [0.2, 0.25) is 6.41 Å². The van der Waals surface area contributed by atoms with Crippen molar-refractivity contribution in [2.24, 2.45) is 0 Å². The van der Waals surface area contributed by atoms with Crippen molar-refractivity contribution in [3.05, 3.63) is 53.3 Å². The highest BCUT2D eigenvalue weighted by atomic mass is 19.1. The first-order chi connectivity index (χ1) is 20.7. The maximum Gasteiger partial charge on any atom is 0.207 e. The number of carbonyl (C=O) groups is 1. The van der Waals surface area contributed by atoms with E-state index in [1.165, 1.54) is 49.3 Å². The van der Waals surface area contributed by atoms with Gasteiger partial charge in [0.15, 0.2) is 0 Å². The van der Waals surface area contributed by atoms with Crippen molar-refractivity contribution in [2.45, 2.75) is 75.9 Å². The van der Waals surface area contributed by atoms with Gasteiger partial charge >= 0.3 is 0 Å². The van der Waals surface area contributed by atoms with E-state index in [0.29, 0.717) is 24.6 Å². The molecule has 5 rings (SSSR count). The fourth-order valence-electron chi connectivity index (χ4n) is 6.31. The fourth-order valence-corrected chi connectivity index (χ4v) is 6.31. The molecule has 0 aromatic heterocycles. The van der Waals surface area contributed by atoms with E-state index in [-0.39, 0.29) is 18.0 Å². The Balaban J connectivity index is 0.00000198. The molecule has 1 aliphatic carbocycles. The molecule has 1 saturated carbocycles. The summed E-state index contributed by atoms with van der Waals surface area (Å²) in [7, 11) is 1.00. The Kier molecular flexibility index (Phi) is 13.2. The van der Waals surface area contributed by atoms with E-state index in [4.69, 9.17) is 14.6 Å². The van der Waals surface area contributed by atoms with Crippen LogP contribution >= 0.6 is 0 Å². The molecule has 42 heavy (non-hydrogen) atoms. The van der Waals surface area contributed by atoms with Gasteiger partial charge in [-0.05, 0) is 67.8 Å². The smallest absolute Gasteiger partial charge is 0.207 e. The van der Waals surface area contributed by atoms with Crippen molar-refractivity contribution >= 4 is 12.1 Å². The minimum Gasteiger partial charge on any atom is -0.490 e. The Bertz CT molecular complexity index is 1090. The Morgan fingerprint density at radius 3 is 2.57 bits per heavy atom. The second-order valence-corrected chi connectivity index (χ2v) is 11.5. The van der Waals surface area contributed by atoms with Gasteiger partial charge in [0, 0.05) is 70.6 Å². The van der Waals surface area contributed by atoms with Crippen LogP contribution in [0, 0.1) is 5.82 Å². The first kappa shape index (κ1) is 32.0. The molecule has 2 aromatic carbocycles. The van der Waals surface area contributed by atoms with Gasteiger partial charge in [0.05, 0.1) is 0 Å². The third-order valence-electron chi connectivity index (χ3n) is 8.52. The van der Waals surface area contributed by atoms with Gasteiger partial charge < -0.3 is 35.4 Å². The van der Waals surface area contributed by atoms with Gasteiger partial charge in [-0.1, -0.05) is 31.4 Å². The first-order valence-corrected chi connectivity index (χ1v) is 15.7. The van der Waals surface area contributed by atoms with Gasteiger partial charge in [-0.2, -0.15) is 0 Å². The van der Waals surface area contributed by atoms with Crippen LogP contribution in [0.1, 0.15) is 68.4 Å². The molecule has 2 unspecified atom stereocenters. The third kappa shape index (κ3) is 9.57. The van der Waals surface area contributed by atoms with Gasteiger partial charge in [-0.25, -0.2) is 4.39 Å². The second-order valence-electron chi connectivity index (χ2n) is 11.5. The fraction of sp³-hybridized carbons (Fsp3) is 0.606. The van der Waals surface area contributed by atoms with E-state index in [1.54, 1.807) is 6.07 Å². The molecule has 9 heteroatoms. The van der Waals surface area contributed by atoms with Crippen LogP contribution in [0.5, 0.6) is 11.5 Å². The van der Waals surface area contributed by atoms with Crippen molar-refractivity contribution in [3.8, 4) is 11.5 Å². The highest BCUT2D eigenvalue weighted by molar-refractivity contribution is 5.52. The number of benzene rings is 2. The lowest BCUT2D eigenvalue weighted by Crippen LogP contribution is -2.43. The molecule has 2 atom stereocenters. The SMILES string of the molecule is CO.O=CNCCC(CCc1ccc(OC2CCNC2)c(C2CCCCC2)c1)Oc1cc(F)cc(N2CCNCC2)c1. The molecule has 2 saturated heterocycles. The molecule has 0 spiro atoms. The van der Waals surface area contributed by atoms with Crippen LogP contribution in [-0.2, 0) is 11.2 Å². The van der Waals surface area contributed by atoms with Gasteiger partial charge in [0.25, 0.3) is 0 Å². The van der Waals surface area contributed by atoms with Crippen molar-refractivity contribution < 1.29 is 23.8 Å². The number of halogens is 1. The van der Waals surface area contributed by atoms with Crippen LogP contribution < -0.4 is 30.3 Å². The van der Waals surface area contributed by atoms with Gasteiger partial charge in [-0.3, -0.25) is 4.79 Å². The van der Waals surface area contributed by atoms with Gasteiger partial charge in [-0.15, -0.1) is 0 Å². The van der Waals surface area contributed by atoms with E-state index in [0.717, 1.165) is 83.5 Å². The van der Waals surface area contributed by atoms with Crippen LogP contribution in [0.25, 0.3) is 0 Å². The number of rotatable bonds is 13. The lowest BCUT2D eigenvalue weighted by atomic mass is 9.83. The number of ether oxygens (including phenoxy) is 2. The van der Waals surface area contributed by atoms with Crippen LogP contribution in [0.3, 0.4) is 0 Å².